The van der Waals surface area contributed by atoms with Gasteiger partial charge in [0.2, 0.25) is 11.8 Å². The van der Waals surface area contributed by atoms with Crippen molar-refractivity contribution in [1.82, 2.24) is 35.1 Å². The molecule has 4 aliphatic rings. The number of hydrogen-bond acceptors (Lipinski definition) is 14. The van der Waals surface area contributed by atoms with Crippen LogP contribution in [0.1, 0.15) is 56.9 Å². The van der Waals surface area contributed by atoms with Crippen molar-refractivity contribution < 1.29 is 33.8 Å². The Bertz CT molecular complexity index is 2200. The fourth-order valence-electron chi connectivity index (χ4n) is 8.56. The van der Waals surface area contributed by atoms with E-state index in [2.05, 4.69) is 31.6 Å². The number of esters is 1. The summed E-state index contributed by atoms with van der Waals surface area (Å²) in [6.45, 7) is 3.69. The smallest absolute Gasteiger partial charge is 0.324 e. The van der Waals surface area contributed by atoms with Crippen LogP contribution in [0.4, 0.5) is 17.2 Å². The molecule has 3 fully saturated rings. The van der Waals surface area contributed by atoms with Crippen molar-refractivity contribution >= 4 is 40.9 Å². The number of nitrogen functional groups attached to an aromatic ring is 1. The van der Waals surface area contributed by atoms with E-state index in [4.69, 9.17) is 15.2 Å². The highest BCUT2D eigenvalue weighted by Gasteiger charge is 2.41. The highest BCUT2D eigenvalue weighted by molar-refractivity contribution is 6.02. The zero-order valence-electron chi connectivity index (χ0n) is 32.6. The van der Waals surface area contributed by atoms with Gasteiger partial charge in [0.1, 0.15) is 35.9 Å². The molecule has 2 atom stereocenters. The fraction of sp³-hybridized carbons (Fsp3) is 0.439. The van der Waals surface area contributed by atoms with Gasteiger partial charge in [0, 0.05) is 31.1 Å². The number of nitrogens with two attached hydrogens (primary N) is 1. The van der Waals surface area contributed by atoms with Crippen molar-refractivity contribution in [2.45, 2.75) is 69.5 Å². The minimum atomic E-state index is -0.578. The Morgan fingerprint density at radius 2 is 1.81 bits per heavy atom. The van der Waals surface area contributed by atoms with Crippen LogP contribution in [0.3, 0.4) is 0 Å². The molecular weight excluding hydrogens is 745 g/mol. The molecule has 1 aliphatic carbocycles. The lowest BCUT2D eigenvalue weighted by Gasteiger charge is -2.43. The summed E-state index contributed by atoms with van der Waals surface area (Å²) in [5.74, 6) is 0.0132. The van der Waals surface area contributed by atoms with Crippen LogP contribution in [-0.4, -0.2) is 123 Å². The first kappa shape index (κ1) is 38.8. The summed E-state index contributed by atoms with van der Waals surface area (Å²) in [6, 6.07) is 13.8. The van der Waals surface area contributed by atoms with Crippen molar-refractivity contribution in [3.8, 4) is 28.4 Å². The molecule has 0 spiro atoms. The van der Waals surface area contributed by atoms with E-state index in [-0.39, 0.29) is 47.7 Å². The molecule has 5 heterocycles. The Morgan fingerprint density at radius 1 is 1.00 bits per heavy atom. The van der Waals surface area contributed by atoms with Gasteiger partial charge in [-0.3, -0.25) is 24.1 Å². The Morgan fingerprint density at radius 3 is 2.59 bits per heavy atom. The average molecular weight is 793 g/mol. The quantitative estimate of drug-likeness (QED) is 0.156. The maximum absolute atomic E-state index is 13.7. The second kappa shape index (κ2) is 16.4. The first-order valence-corrected chi connectivity index (χ1v) is 19.8. The third-order valence-electron chi connectivity index (χ3n) is 11.9. The van der Waals surface area contributed by atoms with Gasteiger partial charge in [-0.05, 0) is 81.8 Å². The molecule has 17 heteroatoms. The molecule has 2 aromatic carbocycles. The van der Waals surface area contributed by atoms with Gasteiger partial charge in [-0.1, -0.05) is 24.3 Å². The van der Waals surface area contributed by atoms with E-state index in [1.807, 2.05) is 17.0 Å². The molecule has 8 rings (SSSR count). The molecule has 17 nitrogen and oxygen atoms in total. The van der Waals surface area contributed by atoms with Crippen LogP contribution < -0.4 is 25.6 Å². The van der Waals surface area contributed by atoms with Crippen LogP contribution in [-0.2, 0) is 23.9 Å². The van der Waals surface area contributed by atoms with Crippen molar-refractivity contribution in [2.24, 2.45) is 0 Å². The van der Waals surface area contributed by atoms with E-state index in [0.29, 0.717) is 55.3 Å². The van der Waals surface area contributed by atoms with Gasteiger partial charge in [0.15, 0.2) is 12.5 Å². The van der Waals surface area contributed by atoms with Gasteiger partial charge >= 0.3 is 5.97 Å². The fourth-order valence-corrected chi connectivity index (χ4v) is 8.56. The molecule has 58 heavy (non-hydrogen) atoms. The summed E-state index contributed by atoms with van der Waals surface area (Å²) < 4.78 is 13.2. The third-order valence-corrected chi connectivity index (χ3v) is 11.9. The topological polar surface area (TPSA) is 202 Å². The number of phenolic OH excluding ortho intramolecular Hbond substituents is 1. The summed E-state index contributed by atoms with van der Waals surface area (Å²) in [5.41, 5.74) is 10.2. The molecule has 304 valence electrons. The number of benzene rings is 2. The lowest BCUT2D eigenvalue weighted by atomic mass is 9.80. The largest absolute Gasteiger partial charge is 0.507 e. The molecule has 4 aromatic rings. The van der Waals surface area contributed by atoms with Crippen LogP contribution in [0.2, 0.25) is 0 Å². The highest BCUT2D eigenvalue weighted by Crippen LogP contribution is 2.45. The summed E-state index contributed by atoms with van der Waals surface area (Å²) in [4.78, 5) is 59.4. The lowest BCUT2D eigenvalue weighted by molar-refractivity contribution is -0.163. The number of rotatable bonds is 10. The Hall–Kier alpha value is -6.07. The van der Waals surface area contributed by atoms with Crippen LogP contribution >= 0.6 is 0 Å². The average Bonchev–Trinajstić information content (AvgIpc) is 3.73. The molecule has 0 bridgehead atoms. The monoisotopic (exact) mass is 792 g/mol. The number of aromatic nitrogens is 4. The van der Waals surface area contributed by atoms with Crippen LogP contribution in [0.5, 0.6) is 11.5 Å². The zero-order chi connectivity index (χ0) is 40.5. The predicted molar refractivity (Wildman–Crippen MR) is 213 cm³/mol. The lowest BCUT2D eigenvalue weighted by Crippen LogP contribution is -2.57. The molecule has 3 amide bonds. The minimum Gasteiger partial charge on any atom is -0.507 e. The zero-order valence-corrected chi connectivity index (χ0v) is 32.6. The number of carbonyl (C=O) groups excluding carboxylic acids is 4. The molecule has 0 radical (unpaired) electrons. The number of ether oxygens (including phenoxy) is 2. The standard InChI is InChI=1S/C41H48N10O7/c1-25(43-2)41(56)58-24-50-36(53)15-14-33(40(50)55)49-18-19-57-38-29(7-5-8-32(38)49)26-10-12-27(13-11-26)47-16-17-48(37(54)23-47)28-21-44-51(22-28)34-20-31(45-46-39(34)42)30-6-3-4-9-35(30)52/h3-9,20-22,25-27,33,43,52H,10-19,23-24H2,1-2H3,(H2,42,46). The number of anilines is 3. The number of phenols is 1. The minimum absolute atomic E-state index is 0.00233. The Labute approximate surface area is 335 Å². The third kappa shape index (κ3) is 7.54. The number of likely N-dealkylation sites (N-methyl/N-ethyl adjacent to an activating group) is 1. The first-order valence-electron chi connectivity index (χ1n) is 19.8. The normalized spacial score (nSPS) is 22.1. The Balaban J connectivity index is 0.887. The first-order chi connectivity index (χ1) is 28.1. The molecule has 1 saturated carbocycles. The number of fused-ring (bicyclic) bond motifs is 1. The molecule has 2 unspecified atom stereocenters. The van der Waals surface area contributed by atoms with E-state index in [9.17, 15) is 24.3 Å². The van der Waals surface area contributed by atoms with Gasteiger partial charge in [-0.25, -0.2) is 9.58 Å². The van der Waals surface area contributed by atoms with Gasteiger partial charge in [0.25, 0.3) is 5.91 Å². The van der Waals surface area contributed by atoms with Crippen LogP contribution in [0.15, 0.2) is 60.9 Å². The van der Waals surface area contributed by atoms with Gasteiger partial charge in [0.05, 0.1) is 42.6 Å². The number of nitrogens with zero attached hydrogens (tertiary/aromatic N) is 8. The van der Waals surface area contributed by atoms with Crippen molar-refractivity contribution in [3.63, 3.8) is 0 Å². The number of piperidine rings is 1. The molecule has 2 saturated heterocycles. The summed E-state index contributed by atoms with van der Waals surface area (Å²) in [6.07, 6.45) is 7.66. The van der Waals surface area contributed by atoms with Crippen molar-refractivity contribution in [1.29, 1.82) is 0 Å². The van der Waals surface area contributed by atoms with Crippen molar-refractivity contribution in [2.75, 3.05) is 62.1 Å². The number of aromatic hydroxyl groups is 1. The van der Waals surface area contributed by atoms with E-state index < -0.39 is 24.8 Å². The number of likely N-dealkylation sites (tertiary alicyclic amines) is 1. The number of hydrogen-bond donors (Lipinski definition) is 3. The summed E-state index contributed by atoms with van der Waals surface area (Å²) in [5, 5.41) is 25.9. The SMILES string of the molecule is CNC(C)C(=O)OCN1C(=O)CCC(N2CCOc3c(C4CCC(N5CCN(c6cnn(-c7cc(-c8ccccc8O)nnc7N)c6)C(=O)C5)CC4)cccc32)C1=O. The summed E-state index contributed by atoms with van der Waals surface area (Å²) >= 11 is 0. The number of piperazine rings is 1. The maximum atomic E-state index is 13.7. The van der Waals surface area contributed by atoms with Crippen LogP contribution in [0.25, 0.3) is 16.9 Å². The second-order valence-electron chi connectivity index (χ2n) is 15.2. The highest BCUT2D eigenvalue weighted by atomic mass is 16.5. The van der Waals surface area contributed by atoms with E-state index in [0.717, 1.165) is 54.1 Å². The van der Waals surface area contributed by atoms with E-state index in [1.165, 1.54) is 0 Å². The van der Waals surface area contributed by atoms with Gasteiger partial charge in [-0.2, -0.15) is 5.10 Å². The maximum Gasteiger partial charge on any atom is 0.324 e. The summed E-state index contributed by atoms with van der Waals surface area (Å²) in [7, 11) is 1.63. The molecule has 4 N–H and O–H groups in total. The number of amides is 3. The number of para-hydroxylation sites is 2. The molecular formula is C41H48N10O7. The van der Waals surface area contributed by atoms with Crippen LogP contribution in [0, 0.1) is 0 Å². The van der Waals surface area contributed by atoms with E-state index in [1.54, 1.807) is 66.3 Å². The van der Waals surface area contributed by atoms with E-state index >= 15 is 0 Å². The Kier molecular flexibility index (Phi) is 11.0. The number of carbonyl (C=O) groups is 4. The van der Waals surface area contributed by atoms with Crippen molar-refractivity contribution in [3.05, 3.63) is 66.5 Å². The van der Waals surface area contributed by atoms with Gasteiger partial charge in [-0.15, -0.1) is 10.2 Å². The second-order valence-corrected chi connectivity index (χ2v) is 15.2. The van der Waals surface area contributed by atoms with Gasteiger partial charge < -0.3 is 35.4 Å². The number of imide groups is 1. The number of nitrogens with one attached hydrogen (secondary N) is 1. The molecule has 3 aliphatic heterocycles. The molecule has 2 aromatic heterocycles. The predicted octanol–water partition coefficient (Wildman–Crippen LogP) is 2.82.